The lowest BCUT2D eigenvalue weighted by Crippen LogP contribution is -2.50. The van der Waals surface area contributed by atoms with Gasteiger partial charge in [0.05, 0.1) is 0 Å². The van der Waals surface area contributed by atoms with Gasteiger partial charge in [0.25, 0.3) is 0 Å². The Morgan fingerprint density at radius 3 is 2.71 bits per heavy atom. The molecule has 0 aromatic rings. The Morgan fingerprint density at radius 2 is 2.12 bits per heavy atom. The molecule has 0 amide bonds. The first-order chi connectivity index (χ1) is 8.24. The lowest BCUT2D eigenvalue weighted by Gasteiger charge is -2.42. The van der Waals surface area contributed by atoms with Crippen molar-refractivity contribution in [1.82, 2.24) is 10.2 Å². The molecule has 0 aromatic carbocycles. The zero-order valence-electron chi connectivity index (χ0n) is 11.0. The molecule has 3 nitrogen and oxygen atoms in total. The average Bonchev–Trinajstić information content (AvgIpc) is 2.34. The molecule has 4 heteroatoms. The van der Waals surface area contributed by atoms with E-state index in [1.807, 2.05) is 0 Å². The first-order valence-electron chi connectivity index (χ1n) is 7.02. The summed E-state index contributed by atoms with van der Waals surface area (Å²) in [6.07, 6.45) is 5.30. The van der Waals surface area contributed by atoms with Crippen LogP contribution >= 0.6 is 0 Å². The summed E-state index contributed by atoms with van der Waals surface area (Å²) in [5, 5.41) is 3.57. The lowest BCUT2D eigenvalue weighted by atomic mass is 9.76. The molecule has 0 saturated carbocycles. The third-order valence-corrected chi connectivity index (χ3v) is 5.45. The van der Waals surface area contributed by atoms with E-state index in [2.05, 4.69) is 17.1 Å². The summed E-state index contributed by atoms with van der Waals surface area (Å²) in [6, 6.07) is 0. The Hall–Kier alpha value is 0.0700. The van der Waals surface area contributed by atoms with Crippen molar-refractivity contribution in [2.75, 3.05) is 44.2 Å². The Labute approximate surface area is 108 Å². The maximum atomic E-state index is 11.4. The molecule has 0 aliphatic carbocycles. The van der Waals surface area contributed by atoms with Crippen LogP contribution in [0.1, 0.15) is 32.6 Å². The summed E-state index contributed by atoms with van der Waals surface area (Å²) in [5.74, 6) is 1.77. The number of nitrogens with zero attached hydrogens (tertiary/aromatic N) is 1. The summed E-state index contributed by atoms with van der Waals surface area (Å²) in [4.78, 5) is 2.55. The largest absolute Gasteiger partial charge is 0.316 e. The Balaban J connectivity index is 1.90. The van der Waals surface area contributed by atoms with Crippen LogP contribution in [0.4, 0.5) is 0 Å². The highest BCUT2D eigenvalue weighted by Crippen LogP contribution is 2.32. The normalized spacial score (nSPS) is 32.8. The molecule has 17 heavy (non-hydrogen) atoms. The van der Waals surface area contributed by atoms with E-state index in [1.165, 1.54) is 45.3 Å². The molecule has 2 saturated heterocycles. The van der Waals surface area contributed by atoms with E-state index in [1.54, 1.807) is 0 Å². The number of nitrogens with one attached hydrogen (secondary N) is 1. The van der Waals surface area contributed by atoms with Crippen molar-refractivity contribution < 1.29 is 4.21 Å². The van der Waals surface area contributed by atoms with Crippen LogP contribution < -0.4 is 5.32 Å². The fourth-order valence-corrected chi connectivity index (χ4v) is 4.42. The molecule has 2 aliphatic rings. The van der Waals surface area contributed by atoms with Gasteiger partial charge < -0.3 is 10.2 Å². The highest BCUT2D eigenvalue weighted by atomic mass is 32.2. The Bertz CT molecular complexity index is 249. The van der Waals surface area contributed by atoms with Crippen LogP contribution in [0.2, 0.25) is 0 Å². The van der Waals surface area contributed by atoms with Crippen LogP contribution in [-0.4, -0.2) is 53.3 Å². The molecule has 1 N–H and O–H groups in total. The van der Waals surface area contributed by atoms with E-state index in [-0.39, 0.29) is 0 Å². The molecular formula is C13H26N2OS. The summed E-state index contributed by atoms with van der Waals surface area (Å²) in [6.45, 7) is 7.96. The van der Waals surface area contributed by atoms with Gasteiger partial charge in [0.1, 0.15) is 0 Å². The molecule has 2 aliphatic heterocycles. The second-order valence-corrected chi connectivity index (χ2v) is 7.35. The van der Waals surface area contributed by atoms with Gasteiger partial charge in [-0.3, -0.25) is 4.21 Å². The molecule has 1 atom stereocenters. The second-order valence-electron chi connectivity index (χ2n) is 5.65. The molecule has 0 spiro atoms. The van der Waals surface area contributed by atoms with Gasteiger partial charge in [0, 0.05) is 48.5 Å². The van der Waals surface area contributed by atoms with Crippen LogP contribution in [0.15, 0.2) is 0 Å². The van der Waals surface area contributed by atoms with Gasteiger partial charge in [0.15, 0.2) is 0 Å². The fourth-order valence-electron chi connectivity index (χ4n) is 3.30. The number of hydrogen-bond donors (Lipinski definition) is 1. The van der Waals surface area contributed by atoms with Gasteiger partial charge in [-0.15, -0.1) is 0 Å². The van der Waals surface area contributed by atoms with Crippen LogP contribution in [0.3, 0.4) is 0 Å². The van der Waals surface area contributed by atoms with E-state index in [0.29, 0.717) is 5.41 Å². The van der Waals surface area contributed by atoms with E-state index >= 15 is 0 Å². The van der Waals surface area contributed by atoms with Crippen molar-refractivity contribution >= 4 is 10.8 Å². The summed E-state index contributed by atoms with van der Waals surface area (Å²) < 4.78 is 11.4. The van der Waals surface area contributed by atoms with E-state index in [0.717, 1.165) is 24.6 Å². The molecule has 2 heterocycles. The highest BCUT2D eigenvalue weighted by Gasteiger charge is 2.33. The molecule has 0 bridgehead atoms. The van der Waals surface area contributed by atoms with Crippen molar-refractivity contribution in [3.8, 4) is 0 Å². The van der Waals surface area contributed by atoms with Gasteiger partial charge in [0.2, 0.25) is 0 Å². The van der Waals surface area contributed by atoms with Crippen molar-refractivity contribution in [3.05, 3.63) is 0 Å². The minimum Gasteiger partial charge on any atom is -0.316 e. The van der Waals surface area contributed by atoms with Gasteiger partial charge >= 0.3 is 0 Å². The zero-order valence-corrected chi connectivity index (χ0v) is 11.9. The van der Waals surface area contributed by atoms with Gasteiger partial charge in [-0.05, 0) is 31.2 Å². The molecule has 1 unspecified atom stereocenters. The standard InChI is InChI=1S/C13H26N2OS/c1-2-4-13(5-3-6-14-11-13)12-15-7-9-17(16)10-8-15/h14H,2-12H2,1H3. The summed E-state index contributed by atoms with van der Waals surface area (Å²) in [5.41, 5.74) is 0.492. The van der Waals surface area contributed by atoms with Crippen molar-refractivity contribution in [3.63, 3.8) is 0 Å². The number of hydrogen-bond acceptors (Lipinski definition) is 3. The Morgan fingerprint density at radius 1 is 1.35 bits per heavy atom. The zero-order chi connectivity index (χ0) is 12.1. The maximum absolute atomic E-state index is 11.4. The van der Waals surface area contributed by atoms with Crippen LogP contribution in [0.25, 0.3) is 0 Å². The minimum absolute atomic E-state index is 0.492. The lowest BCUT2D eigenvalue weighted by molar-refractivity contribution is 0.112. The number of rotatable bonds is 4. The topological polar surface area (TPSA) is 32.3 Å². The van der Waals surface area contributed by atoms with Crippen LogP contribution in [-0.2, 0) is 10.8 Å². The van der Waals surface area contributed by atoms with E-state index in [9.17, 15) is 4.21 Å². The first-order valence-corrected chi connectivity index (χ1v) is 8.51. The monoisotopic (exact) mass is 258 g/mol. The molecule has 0 radical (unpaired) electrons. The van der Waals surface area contributed by atoms with E-state index < -0.39 is 10.8 Å². The van der Waals surface area contributed by atoms with Gasteiger partial charge in [-0.1, -0.05) is 13.3 Å². The smallest absolute Gasteiger partial charge is 0.0363 e. The van der Waals surface area contributed by atoms with Crippen LogP contribution in [0, 0.1) is 5.41 Å². The fraction of sp³-hybridized carbons (Fsp3) is 1.00. The summed E-state index contributed by atoms with van der Waals surface area (Å²) in [7, 11) is -0.542. The predicted molar refractivity (Wildman–Crippen MR) is 73.8 cm³/mol. The van der Waals surface area contributed by atoms with Crippen LogP contribution in [0.5, 0.6) is 0 Å². The van der Waals surface area contributed by atoms with Gasteiger partial charge in [-0.2, -0.15) is 0 Å². The molecular weight excluding hydrogens is 232 g/mol. The molecule has 2 fully saturated rings. The number of piperidine rings is 1. The third-order valence-electron chi connectivity index (χ3n) is 4.17. The second kappa shape index (κ2) is 6.30. The van der Waals surface area contributed by atoms with Crippen molar-refractivity contribution in [1.29, 1.82) is 0 Å². The average molecular weight is 258 g/mol. The highest BCUT2D eigenvalue weighted by molar-refractivity contribution is 7.85. The predicted octanol–water partition coefficient (Wildman–Crippen LogP) is 1.22. The molecule has 2 rings (SSSR count). The first kappa shape index (κ1) is 13.5. The maximum Gasteiger partial charge on any atom is 0.0363 e. The molecule has 100 valence electrons. The van der Waals surface area contributed by atoms with Crippen molar-refractivity contribution in [2.45, 2.75) is 32.6 Å². The SMILES string of the molecule is CCCC1(CN2CCS(=O)CC2)CCCNC1. The minimum atomic E-state index is -0.542. The molecule has 0 aromatic heterocycles. The third kappa shape index (κ3) is 3.76. The Kier molecular flexibility index (Phi) is 5.00. The van der Waals surface area contributed by atoms with Gasteiger partial charge in [-0.25, -0.2) is 0 Å². The van der Waals surface area contributed by atoms with Crippen molar-refractivity contribution in [2.24, 2.45) is 5.41 Å². The summed E-state index contributed by atoms with van der Waals surface area (Å²) >= 11 is 0. The van der Waals surface area contributed by atoms with E-state index in [4.69, 9.17) is 0 Å². The quantitative estimate of drug-likeness (QED) is 0.823.